The first-order chi connectivity index (χ1) is 15.8. The van der Waals surface area contributed by atoms with E-state index in [0.29, 0.717) is 17.5 Å². The third-order valence-electron chi connectivity index (χ3n) is 5.24. The summed E-state index contributed by atoms with van der Waals surface area (Å²) in [5.41, 5.74) is 6.11. The quantitative estimate of drug-likeness (QED) is 0.339. The van der Waals surface area contributed by atoms with Crippen molar-refractivity contribution in [1.29, 1.82) is 0 Å². The molecule has 4 nitrogen and oxygen atoms in total. The first-order valence-electron chi connectivity index (χ1n) is 10.6. The monoisotopic (exact) mass is 414 g/mol. The fourth-order valence-electron chi connectivity index (χ4n) is 3.54. The second kappa shape index (κ2) is 8.82. The Labute approximate surface area is 187 Å². The fourth-order valence-corrected chi connectivity index (χ4v) is 3.54. The molecule has 32 heavy (non-hydrogen) atoms. The summed E-state index contributed by atoms with van der Waals surface area (Å²) in [4.78, 5) is 14.4. The lowest BCUT2D eigenvalue weighted by atomic mass is 10.1. The van der Waals surface area contributed by atoms with Crippen LogP contribution in [0.15, 0.2) is 109 Å². The van der Waals surface area contributed by atoms with Gasteiger partial charge in [0, 0.05) is 28.1 Å². The molecule has 0 fully saturated rings. The minimum absolute atomic E-state index is 0.645. The zero-order valence-corrected chi connectivity index (χ0v) is 17.7. The lowest BCUT2D eigenvalue weighted by Gasteiger charge is -2.11. The number of aryl methyl sites for hydroxylation is 1. The van der Waals surface area contributed by atoms with Crippen molar-refractivity contribution in [2.24, 2.45) is 0 Å². The van der Waals surface area contributed by atoms with Gasteiger partial charge in [0.1, 0.15) is 0 Å². The van der Waals surface area contributed by atoms with Crippen molar-refractivity contribution in [3.05, 3.63) is 115 Å². The summed E-state index contributed by atoms with van der Waals surface area (Å²) < 4.78 is 0. The van der Waals surface area contributed by atoms with Crippen LogP contribution in [0.3, 0.4) is 0 Å². The van der Waals surface area contributed by atoms with E-state index < -0.39 is 0 Å². The molecular formula is C28H22N4. The van der Waals surface area contributed by atoms with Gasteiger partial charge < -0.3 is 5.32 Å². The average molecular weight is 415 g/mol. The summed E-state index contributed by atoms with van der Waals surface area (Å²) in [6.45, 7) is 2.09. The van der Waals surface area contributed by atoms with E-state index in [-0.39, 0.29) is 0 Å². The summed E-state index contributed by atoms with van der Waals surface area (Å²) in [5.74, 6) is 1.96. The molecule has 4 aromatic carbocycles. The molecule has 0 unspecified atom stereocenters. The average Bonchev–Trinajstić information content (AvgIpc) is 2.86. The van der Waals surface area contributed by atoms with Crippen LogP contribution in [-0.4, -0.2) is 15.0 Å². The number of aromatic nitrogens is 3. The first-order valence-corrected chi connectivity index (χ1v) is 10.6. The van der Waals surface area contributed by atoms with Gasteiger partial charge in [-0.05, 0) is 30.7 Å². The summed E-state index contributed by atoms with van der Waals surface area (Å²) in [5, 5.41) is 3.50. The molecule has 0 aliphatic rings. The standard InChI is InChI=1S/C28H22N4/c1-20-11-8-9-18-25(20)29-24-17-10-16-23(19-24)28-31-26(21-12-4-2-5-13-21)30-27(32-28)22-14-6-3-7-15-22/h2-19,29H,1H3. The lowest BCUT2D eigenvalue weighted by molar-refractivity contribution is 1.07. The molecule has 4 heteroatoms. The van der Waals surface area contributed by atoms with Crippen molar-refractivity contribution in [3.8, 4) is 34.2 Å². The Morgan fingerprint density at radius 2 is 1.00 bits per heavy atom. The minimum Gasteiger partial charge on any atom is -0.355 e. The van der Waals surface area contributed by atoms with Crippen LogP contribution in [0.1, 0.15) is 5.56 Å². The molecule has 0 spiro atoms. The minimum atomic E-state index is 0.645. The van der Waals surface area contributed by atoms with E-state index in [1.165, 1.54) is 5.56 Å². The number of nitrogens with zero attached hydrogens (tertiary/aromatic N) is 3. The van der Waals surface area contributed by atoms with Crippen molar-refractivity contribution >= 4 is 11.4 Å². The zero-order chi connectivity index (χ0) is 21.8. The molecule has 1 aromatic heterocycles. The van der Waals surface area contributed by atoms with Gasteiger partial charge in [0.2, 0.25) is 0 Å². The van der Waals surface area contributed by atoms with Gasteiger partial charge in [0.15, 0.2) is 17.5 Å². The zero-order valence-electron chi connectivity index (χ0n) is 17.7. The van der Waals surface area contributed by atoms with Gasteiger partial charge in [-0.3, -0.25) is 0 Å². The van der Waals surface area contributed by atoms with E-state index in [2.05, 4.69) is 30.4 Å². The second-order valence-corrected chi connectivity index (χ2v) is 7.56. The number of rotatable bonds is 5. The highest BCUT2D eigenvalue weighted by Gasteiger charge is 2.12. The second-order valence-electron chi connectivity index (χ2n) is 7.56. The molecule has 5 rings (SSSR count). The molecule has 0 amide bonds. The fraction of sp³-hybridized carbons (Fsp3) is 0.0357. The predicted octanol–water partition coefficient (Wildman–Crippen LogP) is 6.92. The van der Waals surface area contributed by atoms with Crippen LogP contribution < -0.4 is 5.32 Å². The maximum Gasteiger partial charge on any atom is 0.164 e. The van der Waals surface area contributed by atoms with Gasteiger partial charge in [-0.25, -0.2) is 15.0 Å². The van der Waals surface area contributed by atoms with Crippen LogP contribution in [0.5, 0.6) is 0 Å². The van der Waals surface area contributed by atoms with E-state index in [1.54, 1.807) is 0 Å². The van der Waals surface area contributed by atoms with Crippen LogP contribution in [-0.2, 0) is 0 Å². The molecule has 0 bridgehead atoms. The van der Waals surface area contributed by atoms with Crippen molar-refractivity contribution < 1.29 is 0 Å². The van der Waals surface area contributed by atoms with Crippen LogP contribution >= 0.6 is 0 Å². The van der Waals surface area contributed by atoms with Crippen molar-refractivity contribution in [2.45, 2.75) is 6.92 Å². The predicted molar refractivity (Wildman–Crippen MR) is 131 cm³/mol. The Morgan fingerprint density at radius 1 is 0.500 bits per heavy atom. The molecule has 0 radical (unpaired) electrons. The largest absolute Gasteiger partial charge is 0.355 e. The van der Waals surface area contributed by atoms with Crippen molar-refractivity contribution in [3.63, 3.8) is 0 Å². The van der Waals surface area contributed by atoms with Gasteiger partial charge >= 0.3 is 0 Å². The molecule has 0 saturated carbocycles. The number of benzene rings is 4. The molecule has 0 atom stereocenters. The highest BCUT2D eigenvalue weighted by molar-refractivity contribution is 5.71. The molecule has 0 saturated heterocycles. The first kappa shape index (κ1) is 19.6. The Morgan fingerprint density at radius 3 is 1.59 bits per heavy atom. The normalized spacial score (nSPS) is 10.7. The van der Waals surface area contributed by atoms with Gasteiger partial charge in [-0.2, -0.15) is 0 Å². The molecule has 0 aliphatic carbocycles. The number of para-hydroxylation sites is 1. The highest BCUT2D eigenvalue weighted by Crippen LogP contribution is 2.27. The van der Waals surface area contributed by atoms with E-state index in [9.17, 15) is 0 Å². The van der Waals surface area contributed by atoms with E-state index >= 15 is 0 Å². The molecule has 1 heterocycles. The smallest absolute Gasteiger partial charge is 0.164 e. The van der Waals surface area contributed by atoms with E-state index in [4.69, 9.17) is 15.0 Å². The third-order valence-corrected chi connectivity index (χ3v) is 5.24. The third kappa shape index (κ3) is 4.25. The Balaban J connectivity index is 1.59. The van der Waals surface area contributed by atoms with Crippen LogP contribution in [0, 0.1) is 6.92 Å². The molecule has 1 N–H and O–H groups in total. The van der Waals surface area contributed by atoms with Gasteiger partial charge in [0.05, 0.1) is 0 Å². The van der Waals surface area contributed by atoms with Crippen LogP contribution in [0.25, 0.3) is 34.2 Å². The van der Waals surface area contributed by atoms with E-state index in [1.807, 2.05) is 91.0 Å². The van der Waals surface area contributed by atoms with Gasteiger partial charge in [-0.1, -0.05) is 91.0 Å². The van der Waals surface area contributed by atoms with Gasteiger partial charge in [-0.15, -0.1) is 0 Å². The molecule has 0 aliphatic heterocycles. The lowest BCUT2D eigenvalue weighted by Crippen LogP contribution is -2.00. The Kier molecular flexibility index (Phi) is 5.41. The highest BCUT2D eigenvalue weighted by atomic mass is 15.0. The van der Waals surface area contributed by atoms with Gasteiger partial charge in [0.25, 0.3) is 0 Å². The summed E-state index contributed by atoms with van der Waals surface area (Å²) in [6.07, 6.45) is 0. The van der Waals surface area contributed by atoms with E-state index in [0.717, 1.165) is 28.1 Å². The summed E-state index contributed by atoms with van der Waals surface area (Å²) >= 11 is 0. The van der Waals surface area contributed by atoms with Crippen LogP contribution in [0.4, 0.5) is 11.4 Å². The molecular weight excluding hydrogens is 392 g/mol. The maximum absolute atomic E-state index is 4.82. The number of nitrogens with one attached hydrogen (secondary N) is 1. The Hall–Kier alpha value is -4.31. The maximum atomic E-state index is 4.82. The SMILES string of the molecule is Cc1ccccc1Nc1cccc(-c2nc(-c3ccccc3)nc(-c3ccccc3)n2)c1. The van der Waals surface area contributed by atoms with Crippen molar-refractivity contribution in [2.75, 3.05) is 5.32 Å². The topological polar surface area (TPSA) is 50.7 Å². The summed E-state index contributed by atoms with van der Waals surface area (Å²) in [7, 11) is 0. The molecule has 5 aromatic rings. The number of hydrogen-bond donors (Lipinski definition) is 1. The van der Waals surface area contributed by atoms with Crippen LogP contribution in [0.2, 0.25) is 0 Å². The summed E-state index contributed by atoms with van der Waals surface area (Å²) in [6, 6.07) is 36.4. The Bertz CT molecular complexity index is 1290. The number of anilines is 2. The van der Waals surface area contributed by atoms with Crippen molar-refractivity contribution in [1.82, 2.24) is 15.0 Å². The number of hydrogen-bond acceptors (Lipinski definition) is 4. The molecule has 154 valence electrons.